The number of hydrogen-bond donors (Lipinski definition) is 0. The average Bonchev–Trinajstić information content (AvgIpc) is 2.79. The van der Waals surface area contributed by atoms with Crippen molar-refractivity contribution in [3.63, 3.8) is 0 Å². The minimum absolute atomic E-state index is 0.0248. The largest absolute Gasteiger partial charge is 0.354 e. The molecule has 2 saturated heterocycles. The summed E-state index contributed by atoms with van der Waals surface area (Å²) >= 11 is 0. The van der Waals surface area contributed by atoms with E-state index in [1.165, 1.54) is 0 Å². The zero-order valence-electron chi connectivity index (χ0n) is 16.8. The molecule has 2 aliphatic rings. The Hall–Kier alpha value is -2.96. The molecule has 7 nitrogen and oxygen atoms in total. The van der Waals surface area contributed by atoms with Gasteiger partial charge in [-0.25, -0.2) is 0 Å². The maximum absolute atomic E-state index is 13.0. The molecule has 2 aliphatic heterocycles. The first kappa shape index (κ1) is 19.4. The molecule has 152 valence electrons. The Balaban J connectivity index is 1.38. The predicted molar refractivity (Wildman–Crippen MR) is 111 cm³/mol. The second-order valence-electron chi connectivity index (χ2n) is 7.76. The fourth-order valence-corrected chi connectivity index (χ4v) is 4.14. The van der Waals surface area contributed by atoms with Gasteiger partial charge in [-0.05, 0) is 25.0 Å². The van der Waals surface area contributed by atoms with Gasteiger partial charge in [0.05, 0.1) is 11.6 Å². The highest BCUT2D eigenvalue weighted by Crippen LogP contribution is 2.25. The van der Waals surface area contributed by atoms with E-state index in [0.29, 0.717) is 32.7 Å². The highest BCUT2D eigenvalue weighted by atomic mass is 16.2. The third kappa shape index (κ3) is 4.39. The van der Waals surface area contributed by atoms with E-state index in [1.54, 1.807) is 11.8 Å². The molecule has 3 heterocycles. The lowest BCUT2D eigenvalue weighted by molar-refractivity contribution is -0.141. The summed E-state index contributed by atoms with van der Waals surface area (Å²) in [6, 6.07) is 14.0. The molecule has 29 heavy (non-hydrogen) atoms. The SMILES string of the molecule is CC(=O)N1CCN(C(=O)C2CCCN(c3ccc(-c4ccccc4)nn3)C2)CC1. The van der Waals surface area contributed by atoms with Crippen LogP contribution in [-0.2, 0) is 9.59 Å². The van der Waals surface area contributed by atoms with Gasteiger partial charge in [0.15, 0.2) is 5.82 Å². The second-order valence-corrected chi connectivity index (χ2v) is 7.76. The lowest BCUT2D eigenvalue weighted by Crippen LogP contribution is -2.53. The number of hydrogen-bond acceptors (Lipinski definition) is 5. The number of carbonyl (C=O) groups is 2. The van der Waals surface area contributed by atoms with Crippen LogP contribution in [0.25, 0.3) is 11.3 Å². The van der Waals surface area contributed by atoms with Gasteiger partial charge < -0.3 is 14.7 Å². The van der Waals surface area contributed by atoms with Crippen LogP contribution in [0.2, 0.25) is 0 Å². The standard InChI is InChI=1S/C22H27N5O2/c1-17(28)25-12-14-26(15-13-25)22(29)19-8-5-11-27(16-19)21-10-9-20(23-24-21)18-6-3-2-4-7-18/h2-4,6-7,9-10,19H,5,8,11-16H2,1H3. The summed E-state index contributed by atoms with van der Waals surface area (Å²) in [5, 5.41) is 8.81. The van der Waals surface area contributed by atoms with Gasteiger partial charge >= 0.3 is 0 Å². The van der Waals surface area contributed by atoms with E-state index in [-0.39, 0.29) is 17.7 Å². The number of piperidine rings is 1. The Labute approximate surface area is 171 Å². The molecule has 0 aliphatic carbocycles. The van der Waals surface area contributed by atoms with E-state index in [4.69, 9.17) is 0 Å². The van der Waals surface area contributed by atoms with Gasteiger partial charge in [-0.2, -0.15) is 0 Å². The number of carbonyl (C=O) groups excluding carboxylic acids is 2. The van der Waals surface area contributed by atoms with Crippen molar-refractivity contribution in [2.24, 2.45) is 5.92 Å². The van der Waals surface area contributed by atoms with Crippen molar-refractivity contribution in [2.75, 3.05) is 44.2 Å². The monoisotopic (exact) mass is 393 g/mol. The van der Waals surface area contributed by atoms with Gasteiger partial charge in [0.2, 0.25) is 11.8 Å². The summed E-state index contributed by atoms with van der Waals surface area (Å²) in [5.74, 6) is 1.08. The van der Waals surface area contributed by atoms with Crippen LogP contribution < -0.4 is 4.90 Å². The molecule has 0 radical (unpaired) electrons. The minimum atomic E-state index is -0.0248. The van der Waals surface area contributed by atoms with E-state index in [0.717, 1.165) is 36.5 Å². The van der Waals surface area contributed by atoms with Crippen molar-refractivity contribution < 1.29 is 9.59 Å². The smallest absolute Gasteiger partial charge is 0.227 e. The molecule has 4 rings (SSSR count). The highest BCUT2D eigenvalue weighted by molar-refractivity contribution is 5.80. The van der Waals surface area contributed by atoms with E-state index in [9.17, 15) is 9.59 Å². The van der Waals surface area contributed by atoms with Crippen LogP contribution in [0.4, 0.5) is 5.82 Å². The van der Waals surface area contributed by atoms with Crippen LogP contribution in [0.5, 0.6) is 0 Å². The second kappa shape index (κ2) is 8.59. The molecular formula is C22H27N5O2. The van der Waals surface area contributed by atoms with Crippen molar-refractivity contribution >= 4 is 17.6 Å². The molecule has 0 spiro atoms. The molecule has 2 fully saturated rings. The fraction of sp³-hybridized carbons (Fsp3) is 0.455. The van der Waals surface area contributed by atoms with Crippen LogP contribution in [0.15, 0.2) is 42.5 Å². The van der Waals surface area contributed by atoms with Gasteiger partial charge in [0.1, 0.15) is 0 Å². The van der Waals surface area contributed by atoms with Crippen LogP contribution in [0.3, 0.4) is 0 Å². The molecule has 0 N–H and O–H groups in total. The van der Waals surface area contributed by atoms with Gasteiger partial charge in [-0.1, -0.05) is 30.3 Å². The zero-order valence-corrected chi connectivity index (χ0v) is 16.8. The number of amides is 2. The first-order valence-electron chi connectivity index (χ1n) is 10.3. The molecule has 7 heteroatoms. The van der Waals surface area contributed by atoms with Crippen molar-refractivity contribution in [1.82, 2.24) is 20.0 Å². The summed E-state index contributed by atoms with van der Waals surface area (Å²) < 4.78 is 0. The van der Waals surface area contributed by atoms with Crippen LogP contribution in [-0.4, -0.2) is 71.1 Å². The van der Waals surface area contributed by atoms with Gasteiger partial charge in [-0.15, -0.1) is 10.2 Å². The Morgan fingerprint density at radius 1 is 0.897 bits per heavy atom. The zero-order chi connectivity index (χ0) is 20.2. The summed E-state index contributed by atoms with van der Waals surface area (Å²) in [4.78, 5) is 30.4. The summed E-state index contributed by atoms with van der Waals surface area (Å²) in [7, 11) is 0. The lowest BCUT2D eigenvalue weighted by Gasteiger charge is -2.39. The van der Waals surface area contributed by atoms with Crippen molar-refractivity contribution in [3.05, 3.63) is 42.5 Å². The summed E-state index contributed by atoms with van der Waals surface area (Å²) in [6.45, 7) is 5.65. The first-order chi connectivity index (χ1) is 14.1. The molecule has 1 aromatic heterocycles. The van der Waals surface area contributed by atoms with Crippen molar-refractivity contribution in [3.8, 4) is 11.3 Å². The van der Waals surface area contributed by atoms with Gasteiger partial charge in [0, 0.05) is 51.8 Å². The van der Waals surface area contributed by atoms with E-state index in [2.05, 4.69) is 15.1 Å². The molecule has 2 amide bonds. The van der Waals surface area contributed by atoms with E-state index >= 15 is 0 Å². The molecular weight excluding hydrogens is 366 g/mol. The normalized spacial score (nSPS) is 19.9. The number of rotatable bonds is 3. The molecule has 0 bridgehead atoms. The molecule has 2 aromatic rings. The third-order valence-electron chi connectivity index (χ3n) is 5.85. The Bertz CT molecular complexity index is 847. The summed E-state index contributed by atoms with van der Waals surface area (Å²) in [6.07, 6.45) is 1.86. The van der Waals surface area contributed by atoms with Crippen LogP contribution >= 0.6 is 0 Å². The predicted octanol–water partition coefficient (Wildman–Crippen LogP) is 2.05. The number of aromatic nitrogens is 2. The third-order valence-corrected chi connectivity index (χ3v) is 5.85. The van der Waals surface area contributed by atoms with Crippen LogP contribution in [0.1, 0.15) is 19.8 Å². The topological polar surface area (TPSA) is 69.6 Å². The maximum Gasteiger partial charge on any atom is 0.227 e. The van der Waals surface area contributed by atoms with Gasteiger partial charge in [0.25, 0.3) is 0 Å². The Morgan fingerprint density at radius 2 is 1.62 bits per heavy atom. The Kier molecular flexibility index (Phi) is 5.74. The number of benzene rings is 1. The van der Waals surface area contributed by atoms with Gasteiger partial charge in [-0.3, -0.25) is 9.59 Å². The molecule has 1 unspecified atom stereocenters. The fourth-order valence-electron chi connectivity index (χ4n) is 4.14. The number of nitrogens with zero attached hydrogens (tertiary/aromatic N) is 5. The highest BCUT2D eigenvalue weighted by Gasteiger charge is 2.32. The first-order valence-corrected chi connectivity index (χ1v) is 10.3. The van der Waals surface area contributed by atoms with E-state index < -0.39 is 0 Å². The number of piperazine rings is 1. The molecule has 1 atom stereocenters. The lowest BCUT2D eigenvalue weighted by atomic mass is 9.96. The summed E-state index contributed by atoms with van der Waals surface area (Å²) in [5.41, 5.74) is 1.89. The molecule has 1 aromatic carbocycles. The van der Waals surface area contributed by atoms with Crippen molar-refractivity contribution in [2.45, 2.75) is 19.8 Å². The average molecular weight is 393 g/mol. The molecule has 0 saturated carbocycles. The quantitative estimate of drug-likeness (QED) is 0.798. The maximum atomic E-state index is 13.0. The number of anilines is 1. The Morgan fingerprint density at radius 3 is 2.28 bits per heavy atom. The van der Waals surface area contributed by atoms with E-state index in [1.807, 2.05) is 47.4 Å². The van der Waals surface area contributed by atoms with Crippen LogP contribution in [0, 0.1) is 5.92 Å². The van der Waals surface area contributed by atoms with Crippen molar-refractivity contribution in [1.29, 1.82) is 0 Å². The minimum Gasteiger partial charge on any atom is -0.354 e.